The Bertz CT molecular complexity index is 2660. The lowest BCUT2D eigenvalue weighted by molar-refractivity contribution is -0.157. The van der Waals surface area contributed by atoms with Crippen LogP contribution >= 0.6 is 0 Å². The Labute approximate surface area is 413 Å². The molecule has 4 amide bonds. The summed E-state index contributed by atoms with van der Waals surface area (Å²) in [6, 6.07) is 31.8. The molecule has 21 heteroatoms. The van der Waals surface area contributed by atoms with Crippen molar-refractivity contribution in [3.63, 3.8) is 0 Å². The molecule has 3 saturated heterocycles. The molecular formula is C51H57F6N9O6. The van der Waals surface area contributed by atoms with Gasteiger partial charge in [-0.3, -0.25) is 14.7 Å². The molecule has 15 nitrogen and oxygen atoms in total. The third-order valence-corrected chi connectivity index (χ3v) is 11.6. The lowest BCUT2D eigenvalue weighted by Gasteiger charge is -2.39. The molecule has 0 atom stereocenters. The quantitative estimate of drug-likeness (QED) is 0.103. The van der Waals surface area contributed by atoms with Crippen molar-refractivity contribution in [1.29, 1.82) is 0 Å². The first-order valence-corrected chi connectivity index (χ1v) is 23.4. The van der Waals surface area contributed by atoms with Gasteiger partial charge >= 0.3 is 36.2 Å². The predicted octanol–water partition coefficient (Wildman–Crippen LogP) is 10.4. The number of hydrogen-bond donors (Lipinski definition) is 1. The summed E-state index contributed by atoms with van der Waals surface area (Å²) in [5, 5.41) is 23.1. The van der Waals surface area contributed by atoms with E-state index in [-0.39, 0.29) is 36.0 Å². The molecule has 384 valence electrons. The maximum absolute atomic E-state index is 13.5. The monoisotopic (exact) mass is 1010 g/mol. The lowest BCUT2D eigenvalue weighted by atomic mass is 10.1. The summed E-state index contributed by atoms with van der Waals surface area (Å²) in [7, 11) is 0. The Morgan fingerprint density at radius 2 is 0.958 bits per heavy atom. The van der Waals surface area contributed by atoms with Crippen molar-refractivity contribution in [3.8, 4) is 22.9 Å². The fraction of sp³-hybridized carbons (Fsp3) is 0.412. The number of carbonyl (C=O) groups is 2. The highest BCUT2D eigenvalue weighted by molar-refractivity contribution is 5.92. The van der Waals surface area contributed by atoms with E-state index in [4.69, 9.17) is 13.6 Å². The zero-order valence-corrected chi connectivity index (χ0v) is 40.4. The second kappa shape index (κ2) is 22.7. The number of urea groups is 2. The van der Waals surface area contributed by atoms with Crippen molar-refractivity contribution >= 4 is 23.4 Å². The van der Waals surface area contributed by atoms with Crippen molar-refractivity contribution in [2.24, 2.45) is 0 Å². The van der Waals surface area contributed by atoms with E-state index in [0.717, 1.165) is 61.5 Å². The Hall–Kier alpha value is -6.84. The molecule has 3 aliphatic heterocycles. The van der Waals surface area contributed by atoms with E-state index in [1.165, 1.54) is 0 Å². The third kappa shape index (κ3) is 15.1. The Kier molecular flexibility index (Phi) is 16.7. The fourth-order valence-electron chi connectivity index (χ4n) is 7.75. The molecule has 1 N–H and O–H groups in total. The number of nitrogens with zero attached hydrogens (tertiary/aromatic N) is 9. The molecule has 0 bridgehead atoms. The van der Waals surface area contributed by atoms with Crippen LogP contribution in [0.5, 0.6) is 0 Å². The van der Waals surface area contributed by atoms with Gasteiger partial charge in [-0.25, -0.2) is 9.59 Å². The molecule has 3 aliphatic rings. The van der Waals surface area contributed by atoms with Crippen LogP contribution in [0, 0.1) is 0 Å². The number of carbonyl (C=O) groups excluding carboxylic acids is 2. The number of likely N-dealkylation sites (tertiary alicyclic amines) is 1. The van der Waals surface area contributed by atoms with E-state index in [2.05, 4.69) is 39.1 Å². The van der Waals surface area contributed by atoms with Gasteiger partial charge in [0, 0.05) is 68.3 Å². The Morgan fingerprint density at radius 1 is 0.583 bits per heavy atom. The fourth-order valence-corrected chi connectivity index (χ4v) is 7.75. The average Bonchev–Trinajstić information content (AvgIpc) is 3.70. The van der Waals surface area contributed by atoms with Gasteiger partial charge in [0.2, 0.25) is 11.8 Å². The van der Waals surface area contributed by atoms with E-state index in [1.54, 1.807) is 77.1 Å². The number of halogens is 6. The number of benzene rings is 4. The van der Waals surface area contributed by atoms with Crippen LogP contribution in [0.25, 0.3) is 22.9 Å². The highest BCUT2D eigenvalue weighted by Crippen LogP contribution is 2.32. The smallest absolute Gasteiger partial charge is 0.413 e. The van der Waals surface area contributed by atoms with Crippen molar-refractivity contribution in [2.75, 3.05) is 62.2 Å². The first-order valence-electron chi connectivity index (χ1n) is 23.4. The summed E-state index contributed by atoms with van der Waals surface area (Å²) in [5.41, 5.74) is 3.30. The number of ether oxygens (including phenoxy) is 1. The van der Waals surface area contributed by atoms with Crippen LogP contribution in [0.3, 0.4) is 0 Å². The van der Waals surface area contributed by atoms with Gasteiger partial charge in [0.1, 0.15) is 0 Å². The Balaban J connectivity index is 0.000000194. The van der Waals surface area contributed by atoms with Crippen molar-refractivity contribution in [3.05, 3.63) is 132 Å². The molecule has 0 spiro atoms. The first kappa shape index (κ1) is 53.0. The minimum atomic E-state index is -4.71. The molecule has 3 fully saturated rings. The zero-order chi connectivity index (χ0) is 51.7. The number of para-hydroxylation sites is 2. The van der Waals surface area contributed by atoms with Gasteiger partial charge in [-0.15, -0.1) is 20.4 Å². The number of epoxide rings is 1. The summed E-state index contributed by atoms with van der Waals surface area (Å²) < 4.78 is 90.7. The second-order valence-corrected chi connectivity index (χ2v) is 18.8. The molecule has 0 saturated carbocycles. The van der Waals surface area contributed by atoms with Gasteiger partial charge in [0.15, 0.2) is 0 Å². The maximum atomic E-state index is 13.5. The van der Waals surface area contributed by atoms with Gasteiger partial charge in [-0.1, -0.05) is 60.7 Å². The summed E-state index contributed by atoms with van der Waals surface area (Å²) in [5.74, 6) is -3.21. The largest absolute Gasteiger partial charge is 0.470 e. The highest BCUT2D eigenvalue weighted by atomic mass is 19.4. The van der Waals surface area contributed by atoms with Crippen LogP contribution in [-0.4, -0.2) is 116 Å². The van der Waals surface area contributed by atoms with Crippen LogP contribution in [0.15, 0.2) is 118 Å². The zero-order valence-electron chi connectivity index (χ0n) is 40.4. The number of piperidine rings is 1. The standard InChI is InChI=1S/C25H28F3N5O3.C22H21F3N4O2.C4H8O/c1-24(2,35)17-31-12-14-32(15-13-31)23(34)33(20-6-4-3-5-7-20)16-18-8-10-19(11-9-18)21-29-30-22(36-21)25(26,27)28;23-22(24,25)20-27-26-19(31-20)17-11-9-16(10-12-17)15-29(18-7-3-1-4-8-18)21(30)28-13-5-2-6-14-28;1-4(2)3-5-4/h3-11,35H,12-17H2,1-2H3;1,3-4,7-12H,2,5-6,13-15H2;3H2,1-2H3. The van der Waals surface area contributed by atoms with Crippen molar-refractivity contribution in [2.45, 2.75) is 83.6 Å². The number of anilines is 2. The first-order chi connectivity index (χ1) is 34.1. The van der Waals surface area contributed by atoms with Crippen LogP contribution in [-0.2, 0) is 30.2 Å². The summed E-state index contributed by atoms with van der Waals surface area (Å²) >= 11 is 0. The molecule has 5 heterocycles. The molecule has 0 unspecified atom stereocenters. The topological polar surface area (TPSA) is 161 Å². The minimum absolute atomic E-state index is 0.0540. The number of piperazine rings is 1. The van der Waals surface area contributed by atoms with E-state index in [0.29, 0.717) is 50.4 Å². The van der Waals surface area contributed by atoms with E-state index in [9.17, 15) is 41.0 Å². The minimum Gasteiger partial charge on any atom is -0.413 e. The van der Waals surface area contributed by atoms with E-state index < -0.39 is 29.7 Å². The summed E-state index contributed by atoms with van der Waals surface area (Å²) in [4.78, 5) is 35.9. The molecule has 6 aromatic rings. The lowest BCUT2D eigenvalue weighted by Crippen LogP contribution is -2.54. The SMILES string of the molecule is CC(C)(O)CN1CCN(C(=O)N(Cc2ccc(-c3nnc(C(F)(F)F)o3)cc2)c2ccccc2)CC1.CC1(C)CO1.O=C(N1CCCCC1)N(Cc1ccc(-c2nnc(C(F)(F)F)o2)cc1)c1ccccc1. The number of β-amino-alcohol motifs (C(OH)–C–C–N with tert-alkyl or cyclic N) is 1. The molecule has 4 aromatic carbocycles. The summed E-state index contributed by atoms with van der Waals surface area (Å²) in [6.45, 7) is 13.6. The van der Waals surface area contributed by atoms with E-state index in [1.807, 2.05) is 65.6 Å². The molecule has 0 radical (unpaired) electrons. The van der Waals surface area contributed by atoms with Gasteiger partial charge in [0.05, 0.1) is 30.9 Å². The van der Waals surface area contributed by atoms with E-state index >= 15 is 0 Å². The molecule has 72 heavy (non-hydrogen) atoms. The van der Waals surface area contributed by atoms with Gasteiger partial charge in [-0.05, 0) is 107 Å². The van der Waals surface area contributed by atoms with Crippen LogP contribution in [0.4, 0.5) is 47.3 Å². The predicted molar refractivity (Wildman–Crippen MR) is 255 cm³/mol. The number of alkyl halides is 6. The number of aromatic nitrogens is 4. The molecule has 0 aliphatic carbocycles. The van der Waals surface area contributed by atoms with Crippen molar-refractivity contribution < 1.29 is 54.6 Å². The summed E-state index contributed by atoms with van der Waals surface area (Å²) in [6.07, 6.45) is -6.28. The molecule has 9 rings (SSSR count). The van der Waals surface area contributed by atoms with Crippen LogP contribution in [0.2, 0.25) is 0 Å². The normalized spacial score (nSPS) is 15.9. The Morgan fingerprint density at radius 3 is 1.29 bits per heavy atom. The van der Waals surface area contributed by atoms with Crippen LogP contribution < -0.4 is 9.80 Å². The van der Waals surface area contributed by atoms with Crippen molar-refractivity contribution in [1.82, 2.24) is 35.1 Å². The maximum Gasteiger partial charge on any atom is 0.470 e. The number of amides is 4. The highest BCUT2D eigenvalue weighted by Gasteiger charge is 2.39. The average molecular weight is 1010 g/mol. The number of aliphatic hydroxyl groups is 1. The van der Waals surface area contributed by atoms with Gasteiger partial charge in [-0.2, -0.15) is 26.3 Å². The second-order valence-electron chi connectivity index (χ2n) is 18.8. The van der Waals surface area contributed by atoms with Gasteiger partial charge < -0.3 is 28.5 Å². The number of rotatable bonds is 10. The van der Waals surface area contributed by atoms with Crippen LogP contribution in [0.1, 0.15) is 69.9 Å². The third-order valence-electron chi connectivity index (χ3n) is 11.6. The van der Waals surface area contributed by atoms with Gasteiger partial charge in [0.25, 0.3) is 0 Å². The molecular weight excluding hydrogens is 949 g/mol. The molecule has 2 aromatic heterocycles. The number of hydrogen-bond acceptors (Lipinski definition) is 11.